The number of nitrogens with one attached hydrogen (secondary N) is 1. The molecule has 1 heterocycles. The molecule has 2 aromatic carbocycles. The van der Waals surface area contributed by atoms with E-state index in [2.05, 4.69) is 10.3 Å². The molecule has 150 valence electrons. The lowest BCUT2D eigenvalue weighted by Crippen LogP contribution is -2.46. The van der Waals surface area contributed by atoms with Crippen LogP contribution in [0.3, 0.4) is 0 Å². The van der Waals surface area contributed by atoms with Crippen molar-refractivity contribution in [3.8, 4) is 11.3 Å². The van der Waals surface area contributed by atoms with E-state index in [9.17, 15) is 14.7 Å². The fourth-order valence-corrected chi connectivity index (χ4v) is 3.26. The van der Waals surface area contributed by atoms with E-state index in [4.69, 9.17) is 4.42 Å². The van der Waals surface area contributed by atoms with Crippen LogP contribution in [0.2, 0.25) is 0 Å². The number of aromatic nitrogens is 1. The summed E-state index contributed by atoms with van der Waals surface area (Å²) >= 11 is 0. The molecule has 1 atom stereocenters. The third-order valence-corrected chi connectivity index (χ3v) is 5.10. The normalized spacial score (nSPS) is 12.9. The Morgan fingerprint density at radius 2 is 1.72 bits per heavy atom. The van der Waals surface area contributed by atoms with Crippen LogP contribution in [0.25, 0.3) is 11.3 Å². The molecule has 3 rings (SSSR count). The maximum Gasteiger partial charge on any atom is 0.315 e. The summed E-state index contributed by atoms with van der Waals surface area (Å²) in [6.07, 6.45) is 2.52. The van der Waals surface area contributed by atoms with E-state index < -0.39 is 11.4 Å². The Kier molecular flexibility index (Phi) is 6.44. The van der Waals surface area contributed by atoms with Gasteiger partial charge >= 0.3 is 5.97 Å². The highest BCUT2D eigenvalue weighted by molar-refractivity contribution is 5.83. The summed E-state index contributed by atoms with van der Waals surface area (Å²) in [4.78, 5) is 28.6. The summed E-state index contributed by atoms with van der Waals surface area (Å²) in [5.41, 5.74) is 0.448. The lowest BCUT2D eigenvalue weighted by atomic mass is 9.78. The van der Waals surface area contributed by atoms with E-state index in [0.29, 0.717) is 30.1 Å². The minimum Gasteiger partial charge on any atom is -0.481 e. The molecule has 0 aliphatic rings. The number of carboxylic acid groups (broad SMARTS) is 1. The number of hydrogen-bond acceptors (Lipinski definition) is 4. The van der Waals surface area contributed by atoms with Gasteiger partial charge in [0.2, 0.25) is 5.91 Å². The van der Waals surface area contributed by atoms with Crippen molar-refractivity contribution in [3.05, 3.63) is 78.3 Å². The number of nitrogens with zero attached hydrogens (tertiary/aromatic N) is 1. The van der Waals surface area contributed by atoms with Gasteiger partial charge in [-0.25, -0.2) is 4.98 Å². The highest BCUT2D eigenvalue weighted by Gasteiger charge is 2.38. The van der Waals surface area contributed by atoms with Gasteiger partial charge in [-0.05, 0) is 12.0 Å². The lowest BCUT2D eigenvalue weighted by Gasteiger charge is -2.29. The molecule has 0 saturated carbocycles. The highest BCUT2D eigenvalue weighted by Crippen LogP contribution is 2.28. The molecule has 0 aliphatic carbocycles. The molecule has 0 saturated heterocycles. The van der Waals surface area contributed by atoms with Crippen LogP contribution in [-0.4, -0.2) is 28.5 Å². The van der Waals surface area contributed by atoms with Gasteiger partial charge in [0.1, 0.15) is 5.41 Å². The number of carboxylic acids is 1. The van der Waals surface area contributed by atoms with Gasteiger partial charge in [-0.1, -0.05) is 67.6 Å². The van der Waals surface area contributed by atoms with Crippen molar-refractivity contribution < 1.29 is 19.1 Å². The maximum absolute atomic E-state index is 12.3. The van der Waals surface area contributed by atoms with Crippen LogP contribution < -0.4 is 5.32 Å². The second-order valence-corrected chi connectivity index (χ2v) is 6.87. The van der Waals surface area contributed by atoms with Crippen LogP contribution in [0.15, 0.2) is 71.3 Å². The van der Waals surface area contributed by atoms with Crippen molar-refractivity contribution in [3.63, 3.8) is 0 Å². The quantitative estimate of drug-likeness (QED) is 0.577. The number of carbonyl (C=O) groups excluding carboxylic acids is 1. The summed E-state index contributed by atoms with van der Waals surface area (Å²) in [5.74, 6) is -0.0609. The van der Waals surface area contributed by atoms with Crippen LogP contribution >= 0.6 is 0 Å². The number of oxazole rings is 1. The standard InChI is InChI=1S/C23H24N2O4/c1-2-23(22(27)28,18-11-7-4-8-12-18)16-25-20(26)13-14-21-24-15-19(29-21)17-9-5-3-6-10-17/h3-12,15H,2,13-14,16H2,1H3,(H,25,26)(H,27,28). The molecule has 0 radical (unpaired) electrons. The molecule has 29 heavy (non-hydrogen) atoms. The molecule has 0 bridgehead atoms. The van der Waals surface area contributed by atoms with Crippen molar-refractivity contribution >= 4 is 11.9 Å². The van der Waals surface area contributed by atoms with Crippen molar-refractivity contribution in [2.24, 2.45) is 0 Å². The van der Waals surface area contributed by atoms with Crippen molar-refractivity contribution in [2.75, 3.05) is 6.54 Å². The molecule has 1 unspecified atom stereocenters. The molecule has 0 aliphatic heterocycles. The molecular formula is C23H24N2O4. The molecular weight excluding hydrogens is 368 g/mol. The molecule has 0 spiro atoms. The van der Waals surface area contributed by atoms with Crippen molar-refractivity contribution in [2.45, 2.75) is 31.6 Å². The van der Waals surface area contributed by atoms with E-state index in [1.165, 1.54) is 0 Å². The number of amides is 1. The Hall–Kier alpha value is -3.41. The Morgan fingerprint density at radius 1 is 1.07 bits per heavy atom. The highest BCUT2D eigenvalue weighted by atomic mass is 16.4. The number of aliphatic carboxylic acids is 1. The fourth-order valence-electron chi connectivity index (χ4n) is 3.26. The van der Waals surface area contributed by atoms with E-state index in [0.717, 1.165) is 5.56 Å². The smallest absolute Gasteiger partial charge is 0.315 e. The number of benzene rings is 2. The maximum atomic E-state index is 12.3. The third kappa shape index (κ3) is 4.71. The Balaban J connectivity index is 1.59. The molecule has 6 nitrogen and oxygen atoms in total. The third-order valence-electron chi connectivity index (χ3n) is 5.10. The van der Waals surface area contributed by atoms with Gasteiger partial charge in [0.25, 0.3) is 0 Å². The SMILES string of the molecule is CCC(CNC(=O)CCc1ncc(-c2ccccc2)o1)(C(=O)O)c1ccccc1. The number of rotatable bonds is 9. The number of carbonyl (C=O) groups is 2. The second kappa shape index (κ2) is 9.19. The Labute approximate surface area is 169 Å². The molecule has 2 N–H and O–H groups in total. The molecule has 1 amide bonds. The van der Waals surface area contributed by atoms with Gasteiger partial charge in [0, 0.05) is 24.9 Å². The van der Waals surface area contributed by atoms with Gasteiger partial charge in [-0.2, -0.15) is 0 Å². The first-order valence-corrected chi connectivity index (χ1v) is 9.61. The van der Waals surface area contributed by atoms with Gasteiger partial charge in [0.15, 0.2) is 11.7 Å². The van der Waals surface area contributed by atoms with Crippen LogP contribution in [0.1, 0.15) is 31.2 Å². The average Bonchev–Trinajstić information content (AvgIpc) is 3.23. The number of aryl methyl sites for hydroxylation is 1. The lowest BCUT2D eigenvalue weighted by molar-refractivity contribution is -0.144. The summed E-state index contributed by atoms with van der Waals surface area (Å²) in [6.45, 7) is 1.84. The second-order valence-electron chi connectivity index (χ2n) is 6.87. The predicted molar refractivity (Wildman–Crippen MR) is 109 cm³/mol. The van der Waals surface area contributed by atoms with Crippen LogP contribution in [0, 0.1) is 0 Å². The topological polar surface area (TPSA) is 92.4 Å². The van der Waals surface area contributed by atoms with Crippen molar-refractivity contribution in [1.29, 1.82) is 0 Å². The first-order chi connectivity index (χ1) is 14.0. The van der Waals surface area contributed by atoms with Gasteiger partial charge in [-0.15, -0.1) is 0 Å². The summed E-state index contributed by atoms with van der Waals surface area (Å²) < 4.78 is 5.71. The van der Waals surface area contributed by atoms with Gasteiger partial charge in [-0.3, -0.25) is 9.59 Å². The summed E-state index contributed by atoms with van der Waals surface area (Å²) in [5, 5.41) is 12.6. The molecule has 1 aromatic heterocycles. The zero-order chi connectivity index (χ0) is 20.7. The van der Waals surface area contributed by atoms with E-state index in [-0.39, 0.29) is 18.9 Å². The molecule has 6 heteroatoms. The monoisotopic (exact) mass is 392 g/mol. The van der Waals surface area contributed by atoms with Crippen LogP contribution in [0.4, 0.5) is 0 Å². The summed E-state index contributed by atoms with van der Waals surface area (Å²) in [6, 6.07) is 18.6. The zero-order valence-electron chi connectivity index (χ0n) is 16.3. The zero-order valence-corrected chi connectivity index (χ0v) is 16.3. The van der Waals surface area contributed by atoms with E-state index >= 15 is 0 Å². The van der Waals surface area contributed by atoms with Gasteiger partial charge in [0.05, 0.1) is 6.20 Å². The predicted octanol–water partition coefficient (Wildman–Crippen LogP) is 3.82. The first kappa shape index (κ1) is 20.3. The van der Waals surface area contributed by atoms with Crippen LogP contribution in [0.5, 0.6) is 0 Å². The first-order valence-electron chi connectivity index (χ1n) is 9.61. The minimum absolute atomic E-state index is 0.0303. The average molecular weight is 392 g/mol. The van der Waals surface area contributed by atoms with Crippen LogP contribution in [-0.2, 0) is 21.4 Å². The number of hydrogen-bond donors (Lipinski definition) is 2. The Morgan fingerprint density at radius 3 is 2.34 bits per heavy atom. The Bertz CT molecular complexity index is 953. The summed E-state index contributed by atoms with van der Waals surface area (Å²) in [7, 11) is 0. The van der Waals surface area contributed by atoms with Gasteiger partial charge < -0.3 is 14.8 Å². The van der Waals surface area contributed by atoms with E-state index in [1.54, 1.807) is 30.5 Å². The van der Waals surface area contributed by atoms with E-state index in [1.807, 2.05) is 43.3 Å². The molecule has 3 aromatic rings. The largest absolute Gasteiger partial charge is 0.481 e. The van der Waals surface area contributed by atoms with Crippen molar-refractivity contribution in [1.82, 2.24) is 10.3 Å². The molecule has 0 fully saturated rings. The fraction of sp³-hybridized carbons (Fsp3) is 0.261. The minimum atomic E-state index is -1.15.